The summed E-state index contributed by atoms with van der Waals surface area (Å²) in [5.74, 6) is 0. The molecule has 16 N–H and O–H groups in total. The maximum Gasteiger partial charge on any atom is 0.503 e. The van der Waals surface area contributed by atoms with Crippen molar-refractivity contribution in [3.8, 4) is 0 Å². The Morgan fingerprint density at radius 1 is 0.195 bits per heavy atom. The van der Waals surface area contributed by atoms with Crippen LogP contribution < -0.4 is 0 Å². The van der Waals surface area contributed by atoms with Crippen LogP contribution in [0.5, 0.6) is 0 Å². The third-order valence-electron chi connectivity index (χ3n) is 2.25. The van der Waals surface area contributed by atoms with Gasteiger partial charge in [0.25, 0.3) is 0 Å². The van der Waals surface area contributed by atoms with Gasteiger partial charge in [-0.05, 0) is 0 Å². The molecule has 0 aliphatic heterocycles. The number of carboxylic acid groups (broad SMARTS) is 16. The van der Waals surface area contributed by atoms with Gasteiger partial charge in [-0.1, -0.05) is 57.8 Å². The van der Waals surface area contributed by atoms with Crippen LogP contribution in [-0.4, -0.2) is 131 Å². The molecular weight excluding hydrogens is 588 g/mol. The average Bonchev–Trinajstić information content (AvgIpc) is 3.15. The van der Waals surface area contributed by atoms with Crippen LogP contribution in [0.25, 0.3) is 0 Å². The van der Waals surface area contributed by atoms with Crippen LogP contribution in [0.4, 0.5) is 38.4 Å². The van der Waals surface area contributed by atoms with Gasteiger partial charge in [0, 0.05) is 0 Å². The van der Waals surface area contributed by atoms with E-state index in [9.17, 15) is 0 Å². The molecule has 24 heteroatoms. The normalized spacial score (nSPS) is 9.95. The molecule has 0 aromatic carbocycles. The second-order valence-electron chi connectivity index (χ2n) is 5.44. The smallest absolute Gasteiger partial charge is 0.450 e. The molecule has 41 heavy (non-hydrogen) atoms. The molecule has 0 aromatic heterocycles. The standard InChI is InChI=1S/C5H10.C4H8.8CH2O3/c1-2-4-5-3-1;1-2-4-3-1;8*2-1(3)4/h1-5H2;1-4H2;8*(H2,2,3,4). The van der Waals surface area contributed by atoms with Crippen molar-refractivity contribution in [2.24, 2.45) is 0 Å². The van der Waals surface area contributed by atoms with Gasteiger partial charge in [-0.15, -0.1) is 0 Å². The summed E-state index contributed by atoms with van der Waals surface area (Å²) in [4.78, 5) is 68.4. The SMILES string of the molecule is C1CCC1.C1CCCC1.O=C(O)O.O=C(O)O.O=C(O)O.O=C(O)O.O=C(O)O.O=C(O)O.O=C(O)O.O=C(O)O. The zero-order valence-electron chi connectivity index (χ0n) is 20.8. The van der Waals surface area contributed by atoms with Gasteiger partial charge in [0.2, 0.25) is 0 Å². The first-order valence-electron chi connectivity index (χ1n) is 9.71. The van der Waals surface area contributed by atoms with Gasteiger partial charge in [0.1, 0.15) is 0 Å². The predicted octanol–water partition coefficient (Wildman–Crippen LogP) is 5.29. The Bertz CT molecular complexity index is 477. The Labute approximate surface area is 228 Å². The van der Waals surface area contributed by atoms with Crippen LogP contribution in [0.3, 0.4) is 0 Å². The van der Waals surface area contributed by atoms with Crippen molar-refractivity contribution in [3.05, 3.63) is 0 Å². The molecule has 2 saturated carbocycles. The van der Waals surface area contributed by atoms with E-state index in [0.29, 0.717) is 0 Å². The molecule has 24 nitrogen and oxygen atoms in total. The van der Waals surface area contributed by atoms with E-state index in [2.05, 4.69) is 0 Å². The van der Waals surface area contributed by atoms with Crippen LogP contribution in [0.2, 0.25) is 0 Å². The lowest BCUT2D eigenvalue weighted by Gasteiger charge is -2.05. The molecule has 0 atom stereocenters. The molecule has 0 spiro atoms. The predicted molar refractivity (Wildman–Crippen MR) is 127 cm³/mol. The second kappa shape index (κ2) is 50.9. The summed E-state index contributed by atoms with van der Waals surface area (Å²) in [6.07, 6.45) is -1.17. The second-order valence-corrected chi connectivity index (χ2v) is 5.44. The number of hydrogen-bond donors (Lipinski definition) is 16. The third-order valence-corrected chi connectivity index (χ3v) is 2.25. The molecule has 2 aliphatic carbocycles. The lowest BCUT2D eigenvalue weighted by Crippen LogP contribution is -1.85. The van der Waals surface area contributed by atoms with E-state index in [-0.39, 0.29) is 0 Å². The molecule has 0 aromatic rings. The van der Waals surface area contributed by atoms with E-state index in [0.717, 1.165) is 0 Å². The van der Waals surface area contributed by atoms with Gasteiger partial charge in [0.05, 0.1) is 0 Å². The summed E-state index contributed by atoms with van der Waals surface area (Å²) in [6, 6.07) is 0. The van der Waals surface area contributed by atoms with Crippen LogP contribution in [-0.2, 0) is 0 Å². The molecule has 0 heterocycles. The monoisotopic (exact) mass is 622 g/mol. The molecule has 0 saturated heterocycles. The summed E-state index contributed by atoms with van der Waals surface area (Å²) in [6.45, 7) is 0. The fourth-order valence-corrected chi connectivity index (χ4v) is 1.13. The van der Waals surface area contributed by atoms with Crippen molar-refractivity contribution in [1.29, 1.82) is 0 Å². The first kappa shape index (κ1) is 55.6. The van der Waals surface area contributed by atoms with Gasteiger partial charge in [-0.2, -0.15) is 0 Å². The molecule has 0 radical (unpaired) electrons. The van der Waals surface area contributed by atoms with E-state index in [1.807, 2.05) is 0 Å². The Balaban J connectivity index is -0.0000000493. The summed E-state index contributed by atoms with van der Waals surface area (Å²) < 4.78 is 0. The Morgan fingerprint density at radius 2 is 0.220 bits per heavy atom. The Morgan fingerprint density at radius 3 is 0.244 bits per heavy atom. The van der Waals surface area contributed by atoms with Gasteiger partial charge in [-0.25, -0.2) is 38.4 Å². The highest BCUT2D eigenvalue weighted by Gasteiger charge is 1.95. The van der Waals surface area contributed by atoms with E-state index in [1.54, 1.807) is 0 Å². The van der Waals surface area contributed by atoms with Gasteiger partial charge >= 0.3 is 49.2 Å². The highest BCUT2D eigenvalue weighted by molar-refractivity contribution is 5.55. The Kier molecular flexibility index (Phi) is 69.1. The number of hydrogen-bond acceptors (Lipinski definition) is 8. The molecular formula is C17H34O24. The number of rotatable bonds is 0. The van der Waals surface area contributed by atoms with Gasteiger partial charge < -0.3 is 81.7 Å². The maximum atomic E-state index is 8.56. The van der Waals surface area contributed by atoms with Crippen LogP contribution >= 0.6 is 0 Å². The third kappa shape index (κ3) is 3540. The van der Waals surface area contributed by atoms with Crippen molar-refractivity contribution in [3.63, 3.8) is 0 Å². The minimum absolute atomic E-state index is 1.50. The molecule has 2 fully saturated rings. The highest BCUT2D eigenvalue weighted by atomic mass is 16.6. The van der Waals surface area contributed by atoms with E-state index < -0.39 is 49.2 Å². The van der Waals surface area contributed by atoms with Gasteiger partial charge in [-0.3, -0.25) is 0 Å². The fraction of sp³-hybridized carbons (Fsp3) is 0.529. The molecule has 2 rings (SSSR count). The number of carbonyl (C=O) groups is 8. The minimum Gasteiger partial charge on any atom is -0.450 e. The lowest BCUT2D eigenvalue weighted by atomic mass is 10.0. The summed E-state index contributed by atoms with van der Waals surface area (Å²) >= 11 is 0. The quantitative estimate of drug-likeness (QED) is 0.163. The molecule has 0 bridgehead atoms. The van der Waals surface area contributed by atoms with Crippen molar-refractivity contribution in [2.45, 2.75) is 57.8 Å². The molecule has 2 aliphatic rings. The largest absolute Gasteiger partial charge is 0.503 e. The van der Waals surface area contributed by atoms with E-state index in [4.69, 9.17) is 120 Å². The zero-order valence-corrected chi connectivity index (χ0v) is 20.8. The van der Waals surface area contributed by atoms with Crippen molar-refractivity contribution < 1.29 is 120 Å². The minimum atomic E-state index is -1.83. The van der Waals surface area contributed by atoms with E-state index in [1.165, 1.54) is 57.8 Å². The lowest BCUT2D eigenvalue weighted by molar-refractivity contribution is 0.135. The van der Waals surface area contributed by atoms with Crippen LogP contribution in [0.15, 0.2) is 0 Å². The maximum absolute atomic E-state index is 8.56. The summed E-state index contributed by atoms with van der Waals surface area (Å²) in [5, 5.41) is 112. The van der Waals surface area contributed by atoms with Gasteiger partial charge in [0.15, 0.2) is 0 Å². The van der Waals surface area contributed by atoms with Crippen molar-refractivity contribution in [2.75, 3.05) is 0 Å². The topological polar surface area (TPSA) is 460 Å². The summed E-state index contributed by atoms with van der Waals surface area (Å²) in [7, 11) is 0. The van der Waals surface area contributed by atoms with Crippen molar-refractivity contribution in [1.82, 2.24) is 0 Å². The van der Waals surface area contributed by atoms with E-state index >= 15 is 0 Å². The first-order chi connectivity index (χ1) is 18.4. The van der Waals surface area contributed by atoms with Crippen LogP contribution in [0, 0.1) is 0 Å². The fourth-order valence-electron chi connectivity index (χ4n) is 1.13. The highest BCUT2D eigenvalue weighted by Crippen LogP contribution is 2.15. The van der Waals surface area contributed by atoms with Crippen molar-refractivity contribution >= 4 is 49.2 Å². The summed E-state index contributed by atoms with van der Waals surface area (Å²) in [5.41, 5.74) is 0. The van der Waals surface area contributed by atoms with Crippen LogP contribution in [0.1, 0.15) is 57.8 Å². The Hall–Kier alpha value is -5.84. The molecule has 246 valence electrons. The molecule has 0 unspecified atom stereocenters. The zero-order chi connectivity index (χ0) is 35.0. The average molecular weight is 622 g/mol. The first-order valence-corrected chi connectivity index (χ1v) is 9.71. The molecule has 0 amide bonds.